The molecule has 10 heavy (non-hydrogen) atoms. The van der Waals surface area contributed by atoms with Crippen LogP contribution in [0.5, 0.6) is 0 Å². The van der Waals surface area contributed by atoms with Crippen LogP contribution in [0.25, 0.3) is 0 Å². The van der Waals surface area contributed by atoms with E-state index in [9.17, 15) is 0 Å². The second-order valence-corrected chi connectivity index (χ2v) is 2.72. The first-order valence-corrected chi connectivity index (χ1v) is 3.35. The van der Waals surface area contributed by atoms with Gasteiger partial charge in [0, 0.05) is 0 Å². The number of rotatable bonds is 0. The maximum Gasteiger partial charge on any atom is 1.00 e. The van der Waals surface area contributed by atoms with Crippen LogP contribution in [0.3, 0.4) is 0 Å². The molecule has 0 fully saturated rings. The topological polar surface area (TPSA) is 0 Å². The maximum absolute atomic E-state index is 4.96. The van der Waals surface area contributed by atoms with Crippen molar-refractivity contribution in [1.82, 2.24) is 0 Å². The average Bonchev–Trinajstić information content (AvgIpc) is 1.80. The van der Waals surface area contributed by atoms with Gasteiger partial charge in [-0.05, 0) is 25.0 Å². The Labute approximate surface area is 79.6 Å². The van der Waals surface area contributed by atoms with Gasteiger partial charge in [-0.2, -0.15) is 4.90 Å². The Morgan fingerprint density at radius 1 is 1.10 bits per heavy atom. The van der Waals surface area contributed by atoms with Crippen LogP contribution in [0.4, 0.5) is 0 Å². The summed E-state index contributed by atoms with van der Waals surface area (Å²) < 4.78 is 0. The number of hydrogen-bond donors (Lipinski definition) is 0. The van der Waals surface area contributed by atoms with Crippen LogP contribution < -0.4 is 18.9 Å². The second kappa shape index (κ2) is 4.03. The number of aryl methyl sites for hydroxylation is 2. The summed E-state index contributed by atoms with van der Waals surface area (Å²) in [6, 6.07) is 6.03. The fraction of sp³-hybridized carbons (Fsp3) is 0.250. The van der Waals surface area contributed by atoms with Crippen molar-refractivity contribution < 1.29 is 18.9 Å². The molecule has 0 N–H and O–H groups in total. The standard InChI is InChI=1S/C8H10S.Li/c1-6-3-4-8(9)5-7(6)2;/h3-5,9H,1-2H3;/q;+1/p-1. The van der Waals surface area contributed by atoms with Gasteiger partial charge in [-0.15, -0.1) is 0 Å². The molecule has 0 spiro atoms. The van der Waals surface area contributed by atoms with Gasteiger partial charge in [0.15, 0.2) is 0 Å². The van der Waals surface area contributed by atoms with Crippen molar-refractivity contribution in [3.8, 4) is 0 Å². The number of benzene rings is 1. The monoisotopic (exact) mass is 144 g/mol. The Bertz CT molecular complexity index is 220. The smallest absolute Gasteiger partial charge is 0.780 e. The molecule has 0 aliphatic carbocycles. The molecule has 0 saturated heterocycles. The summed E-state index contributed by atoms with van der Waals surface area (Å²) in [6.07, 6.45) is 0. The molecule has 0 amide bonds. The van der Waals surface area contributed by atoms with E-state index in [1.165, 1.54) is 11.1 Å². The van der Waals surface area contributed by atoms with Crippen LogP contribution in [0, 0.1) is 13.8 Å². The van der Waals surface area contributed by atoms with Crippen LogP contribution in [0.1, 0.15) is 11.1 Å². The van der Waals surface area contributed by atoms with E-state index in [4.69, 9.17) is 12.6 Å². The van der Waals surface area contributed by atoms with Crippen molar-refractivity contribution in [1.29, 1.82) is 0 Å². The fourth-order valence-electron chi connectivity index (χ4n) is 0.714. The fourth-order valence-corrected chi connectivity index (χ4v) is 0.959. The first kappa shape index (κ1) is 10.0. The van der Waals surface area contributed by atoms with E-state index >= 15 is 0 Å². The van der Waals surface area contributed by atoms with E-state index < -0.39 is 0 Å². The summed E-state index contributed by atoms with van der Waals surface area (Å²) in [5, 5.41) is 0. The van der Waals surface area contributed by atoms with Gasteiger partial charge in [0.25, 0.3) is 0 Å². The molecule has 0 radical (unpaired) electrons. The second-order valence-electron chi connectivity index (χ2n) is 2.25. The van der Waals surface area contributed by atoms with Gasteiger partial charge in [-0.1, -0.05) is 18.2 Å². The molecular formula is C8H9LiS. The Hall–Kier alpha value is 0.0374. The van der Waals surface area contributed by atoms with E-state index in [1.807, 2.05) is 12.1 Å². The van der Waals surface area contributed by atoms with Gasteiger partial charge in [0.2, 0.25) is 0 Å². The summed E-state index contributed by atoms with van der Waals surface area (Å²) in [5.74, 6) is 0. The van der Waals surface area contributed by atoms with Gasteiger partial charge in [0.1, 0.15) is 0 Å². The molecule has 1 rings (SSSR count). The van der Waals surface area contributed by atoms with Gasteiger partial charge in [-0.25, -0.2) is 0 Å². The molecule has 0 aromatic heterocycles. The normalized spacial score (nSPS) is 8.60. The molecule has 1 aromatic carbocycles. The van der Waals surface area contributed by atoms with E-state index in [2.05, 4.69) is 19.9 Å². The van der Waals surface area contributed by atoms with E-state index in [-0.39, 0.29) is 18.9 Å². The predicted molar refractivity (Wildman–Crippen MR) is 41.5 cm³/mol. The summed E-state index contributed by atoms with van der Waals surface area (Å²) in [5.41, 5.74) is 2.59. The van der Waals surface area contributed by atoms with Crippen LogP contribution >= 0.6 is 0 Å². The molecule has 0 aliphatic rings. The largest absolute Gasteiger partial charge is 1.00 e. The van der Waals surface area contributed by atoms with Gasteiger partial charge in [0.05, 0.1) is 0 Å². The molecule has 0 heterocycles. The predicted octanol–water partition coefficient (Wildman–Crippen LogP) is -0.787. The summed E-state index contributed by atoms with van der Waals surface area (Å²) >= 11 is 4.96. The molecule has 0 nitrogen and oxygen atoms in total. The van der Waals surface area contributed by atoms with Crippen LogP contribution in [0.15, 0.2) is 23.1 Å². The molecule has 2 heteroatoms. The Morgan fingerprint density at radius 3 is 2.10 bits per heavy atom. The Kier molecular flexibility index (Phi) is 4.04. The SMILES string of the molecule is Cc1ccc([S-])cc1C.[Li+]. The van der Waals surface area contributed by atoms with Crippen molar-refractivity contribution in [3.63, 3.8) is 0 Å². The quantitative estimate of drug-likeness (QED) is 0.340. The molecule has 48 valence electrons. The minimum atomic E-state index is 0. The zero-order valence-electron chi connectivity index (χ0n) is 6.64. The van der Waals surface area contributed by atoms with Crippen LogP contribution in [-0.2, 0) is 12.6 Å². The van der Waals surface area contributed by atoms with E-state index in [0.717, 1.165) is 4.90 Å². The molecule has 0 bridgehead atoms. The van der Waals surface area contributed by atoms with Crippen molar-refractivity contribution in [3.05, 3.63) is 29.3 Å². The van der Waals surface area contributed by atoms with Crippen molar-refractivity contribution in [2.24, 2.45) is 0 Å². The van der Waals surface area contributed by atoms with Crippen molar-refractivity contribution in [2.75, 3.05) is 0 Å². The zero-order valence-corrected chi connectivity index (χ0v) is 7.46. The van der Waals surface area contributed by atoms with Crippen LogP contribution in [-0.4, -0.2) is 0 Å². The maximum atomic E-state index is 4.96. The van der Waals surface area contributed by atoms with Gasteiger partial charge < -0.3 is 12.6 Å². The first-order valence-electron chi connectivity index (χ1n) is 2.94. The Morgan fingerprint density at radius 2 is 1.70 bits per heavy atom. The van der Waals surface area contributed by atoms with Gasteiger partial charge in [-0.3, -0.25) is 0 Å². The van der Waals surface area contributed by atoms with E-state index in [1.54, 1.807) is 0 Å². The van der Waals surface area contributed by atoms with Gasteiger partial charge >= 0.3 is 18.9 Å². The molecule has 1 aromatic rings. The van der Waals surface area contributed by atoms with Crippen LogP contribution in [0.2, 0.25) is 0 Å². The average molecular weight is 144 g/mol. The molecular weight excluding hydrogens is 135 g/mol. The third-order valence-corrected chi connectivity index (χ3v) is 1.73. The zero-order chi connectivity index (χ0) is 6.85. The molecule has 0 saturated carbocycles. The first-order chi connectivity index (χ1) is 4.20. The van der Waals surface area contributed by atoms with Crippen molar-refractivity contribution in [2.45, 2.75) is 18.7 Å². The minimum absolute atomic E-state index is 0. The minimum Gasteiger partial charge on any atom is -0.780 e. The summed E-state index contributed by atoms with van der Waals surface area (Å²) in [6.45, 7) is 4.16. The molecule has 0 atom stereocenters. The summed E-state index contributed by atoms with van der Waals surface area (Å²) in [7, 11) is 0. The third-order valence-electron chi connectivity index (χ3n) is 1.48. The molecule has 0 aliphatic heterocycles. The van der Waals surface area contributed by atoms with E-state index in [0.29, 0.717) is 0 Å². The molecule has 0 unspecified atom stereocenters. The number of hydrogen-bond acceptors (Lipinski definition) is 1. The third kappa shape index (κ3) is 2.34. The Balaban J connectivity index is 0.000000810. The summed E-state index contributed by atoms with van der Waals surface area (Å²) in [4.78, 5) is 0.929. The van der Waals surface area contributed by atoms with Crippen molar-refractivity contribution >= 4 is 12.6 Å².